The predicted octanol–water partition coefficient (Wildman–Crippen LogP) is 7.83. The van der Waals surface area contributed by atoms with E-state index in [0.717, 1.165) is 24.4 Å². The van der Waals surface area contributed by atoms with E-state index < -0.39 is 0 Å². The molecule has 2 saturated carbocycles. The van der Waals surface area contributed by atoms with Crippen molar-refractivity contribution in [2.45, 2.75) is 70.6 Å². The second-order valence-electron chi connectivity index (χ2n) is 8.67. The van der Waals surface area contributed by atoms with Gasteiger partial charge < -0.3 is 4.74 Å². The number of hydrogen-bond donors (Lipinski definition) is 0. The van der Waals surface area contributed by atoms with Gasteiger partial charge in [-0.1, -0.05) is 36.9 Å². The molecule has 1 aromatic rings. The van der Waals surface area contributed by atoms with Crippen molar-refractivity contribution in [2.24, 2.45) is 23.7 Å². The molecule has 2 aliphatic rings. The molecule has 0 radical (unpaired) electrons. The third-order valence-corrected chi connectivity index (χ3v) is 7.14. The van der Waals surface area contributed by atoms with Crippen LogP contribution >= 0.6 is 11.6 Å². The van der Waals surface area contributed by atoms with Crippen molar-refractivity contribution in [2.75, 3.05) is 6.61 Å². The fourth-order valence-electron chi connectivity index (χ4n) is 5.11. The highest BCUT2D eigenvalue weighted by Gasteiger charge is 2.30. The highest BCUT2D eigenvalue weighted by Crippen LogP contribution is 2.42. The standard InChI is InChI=1S/C24H34ClFO/c1-2-3-4-5-18-6-10-20(11-7-18)21-12-8-19(9-13-21)17-27-22-14-15-24(26)23(25)16-22/h2,14-16,18-21H,1,3-13,17H2/t18-,19?,20-,21?. The molecule has 0 heterocycles. The summed E-state index contributed by atoms with van der Waals surface area (Å²) < 4.78 is 19.1. The molecule has 0 N–H and O–H groups in total. The average Bonchev–Trinajstić information content (AvgIpc) is 2.70. The van der Waals surface area contributed by atoms with E-state index in [-0.39, 0.29) is 10.8 Å². The second kappa shape index (κ2) is 10.5. The first kappa shape index (κ1) is 20.7. The minimum Gasteiger partial charge on any atom is -0.493 e. The first-order chi connectivity index (χ1) is 13.2. The van der Waals surface area contributed by atoms with Crippen LogP contribution in [-0.2, 0) is 0 Å². The maximum atomic E-state index is 13.2. The van der Waals surface area contributed by atoms with Crippen molar-refractivity contribution in [3.8, 4) is 5.75 Å². The number of rotatable bonds is 8. The zero-order chi connectivity index (χ0) is 19.1. The van der Waals surface area contributed by atoms with Crippen LogP contribution in [0.3, 0.4) is 0 Å². The third-order valence-electron chi connectivity index (χ3n) is 6.85. The van der Waals surface area contributed by atoms with E-state index in [2.05, 4.69) is 12.7 Å². The van der Waals surface area contributed by atoms with Gasteiger partial charge in [0.05, 0.1) is 11.6 Å². The maximum absolute atomic E-state index is 13.2. The molecule has 0 bridgehead atoms. The van der Waals surface area contributed by atoms with Gasteiger partial charge >= 0.3 is 0 Å². The Morgan fingerprint density at radius 2 is 1.63 bits per heavy atom. The summed E-state index contributed by atoms with van der Waals surface area (Å²) in [6.07, 6.45) is 16.9. The smallest absolute Gasteiger partial charge is 0.142 e. The van der Waals surface area contributed by atoms with Crippen molar-refractivity contribution >= 4 is 11.6 Å². The van der Waals surface area contributed by atoms with Gasteiger partial charge in [0.25, 0.3) is 0 Å². The number of unbranched alkanes of at least 4 members (excludes halogenated alkanes) is 1. The van der Waals surface area contributed by atoms with Crippen molar-refractivity contribution in [3.05, 3.63) is 41.7 Å². The van der Waals surface area contributed by atoms with Crippen molar-refractivity contribution in [1.29, 1.82) is 0 Å². The quantitative estimate of drug-likeness (QED) is 0.323. The van der Waals surface area contributed by atoms with E-state index in [1.54, 1.807) is 12.1 Å². The molecule has 0 atom stereocenters. The van der Waals surface area contributed by atoms with E-state index in [4.69, 9.17) is 16.3 Å². The molecule has 0 amide bonds. The summed E-state index contributed by atoms with van der Waals surface area (Å²) in [5, 5.41) is 0.135. The summed E-state index contributed by atoms with van der Waals surface area (Å²) >= 11 is 5.83. The van der Waals surface area contributed by atoms with Gasteiger partial charge in [0.15, 0.2) is 0 Å². The van der Waals surface area contributed by atoms with Crippen LogP contribution < -0.4 is 4.74 Å². The number of allylic oxidation sites excluding steroid dienone is 1. The topological polar surface area (TPSA) is 9.23 Å². The number of halogens is 2. The maximum Gasteiger partial charge on any atom is 0.142 e. The van der Waals surface area contributed by atoms with Gasteiger partial charge in [0.2, 0.25) is 0 Å². The van der Waals surface area contributed by atoms with Crippen LogP contribution in [0, 0.1) is 29.5 Å². The average molecular weight is 393 g/mol. The first-order valence-electron chi connectivity index (χ1n) is 10.8. The van der Waals surface area contributed by atoms with Crippen LogP contribution in [0.1, 0.15) is 70.6 Å². The van der Waals surface area contributed by atoms with Gasteiger partial charge in [-0.05, 0) is 87.2 Å². The lowest BCUT2D eigenvalue weighted by Crippen LogP contribution is -2.27. The normalized spacial score (nSPS) is 28.7. The summed E-state index contributed by atoms with van der Waals surface area (Å²) in [5.74, 6) is 3.76. The lowest BCUT2D eigenvalue weighted by molar-refractivity contribution is 0.121. The largest absolute Gasteiger partial charge is 0.493 e. The van der Waals surface area contributed by atoms with Crippen LogP contribution in [0.5, 0.6) is 5.75 Å². The van der Waals surface area contributed by atoms with E-state index >= 15 is 0 Å². The SMILES string of the molecule is C=CCCC[C@H]1CC[C@H](C2CCC(COc3ccc(F)c(Cl)c3)CC2)CC1. The van der Waals surface area contributed by atoms with Gasteiger partial charge in [-0.15, -0.1) is 6.58 Å². The molecule has 27 heavy (non-hydrogen) atoms. The fraction of sp³-hybridized carbons (Fsp3) is 0.667. The monoisotopic (exact) mass is 392 g/mol. The molecule has 150 valence electrons. The summed E-state index contributed by atoms with van der Waals surface area (Å²) in [4.78, 5) is 0. The summed E-state index contributed by atoms with van der Waals surface area (Å²) in [6, 6.07) is 4.62. The van der Waals surface area contributed by atoms with Gasteiger partial charge in [-0.2, -0.15) is 0 Å². The summed E-state index contributed by atoms with van der Waals surface area (Å²) in [5.41, 5.74) is 0. The Morgan fingerprint density at radius 3 is 2.22 bits per heavy atom. The molecular weight excluding hydrogens is 359 g/mol. The van der Waals surface area contributed by atoms with E-state index in [1.165, 1.54) is 76.7 Å². The number of ether oxygens (including phenoxy) is 1. The van der Waals surface area contributed by atoms with Gasteiger partial charge in [-0.3, -0.25) is 0 Å². The second-order valence-corrected chi connectivity index (χ2v) is 9.08. The molecule has 0 spiro atoms. The highest BCUT2D eigenvalue weighted by atomic mass is 35.5. The zero-order valence-corrected chi connectivity index (χ0v) is 17.2. The lowest BCUT2D eigenvalue weighted by atomic mass is 9.69. The molecule has 1 aromatic carbocycles. The number of hydrogen-bond acceptors (Lipinski definition) is 1. The van der Waals surface area contributed by atoms with Crippen molar-refractivity contribution < 1.29 is 9.13 Å². The Balaban J connectivity index is 1.34. The first-order valence-corrected chi connectivity index (χ1v) is 11.2. The van der Waals surface area contributed by atoms with Crippen molar-refractivity contribution in [1.82, 2.24) is 0 Å². The van der Waals surface area contributed by atoms with Gasteiger partial charge in [0, 0.05) is 6.07 Å². The van der Waals surface area contributed by atoms with Gasteiger partial charge in [-0.25, -0.2) is 4.39 Å². The molecule has 1 nitrogen and oxygen atoms in total. The molecule has 3 heteroatoms. The zero-order valence-electron chi connectivity index (χ0n) is 16.5. The van der Waals surface area contributed by atoms with Crippen LogP contribution in [-0.4, -0.2) is 6.61 Å². The Kier molecular flexibility index (Phi) is 8.06. The Bertz CT molecular complexity index is 586. The molecule has 3 rings (SSSR count). The Hall–Kier alpha value is -1.02. The highest BCUT2D eigenvalue weighted by molar-refractivity contribution is 6.30. The van der Waals surface area contributed by atoms with Gasteiger partial charge in [0.1, 0.15) is 11.6 Å². The van der Waals surface area contributed by atoms with Crippen molar-refractivity contribution in [3.63, 3.8) is 0 Å². The summed E-state index contributed by atoms with van der Waals surface area (Å²) in [6.45, 7) is 4.56. The lowest BCUT2D eigenvalue weighted by Gasteiger charge is -2.38. The molecule has 0 unspecified atom stereocenters. The van der Waals surface area contributed by atoms with Crippen LogP contribution in [0.2, 0.25) is 5.02 Å². The van der Waals surface area contributed by atoms with Crippen LogP contribution in [0.25, 0.3) is 0 Å². The molecular formula is C24H34ClFO. The third kappa shape index (κ3) is 6.24. The van der Waals surface area contributed by atoms with E-state index in [0.29, 0.717) is 11.7 Å². The van der Waals surface area contributed by atoms with Crippen LogP contribution in [0.4, 0.5) is 4.39 Å². The Morgan fingerprint density at radius 1 is 1.00 bits per heavy atom. The van der Waals surface area contributed by atoms with E-state index in [9.17, 15) is 4.39 Å². The predicted molar refractivity (Wildman–Crippen MR) is 112 cm³/mol. The summed E-state index contributed by atoms with van der Waals surface area (Å²) in [7, 11) is 0. The molecule has 0 aliphatic heterocycles. The van der Waals surface area contributed by atoms with Crippen LogP contribution in [0.15, 0.2) is 30.9 Å². The molecule has 0 aromatic heterocycles. The fourth-order valence-corrected chi connectivity index (χ4v) is 5.28. The Labute approximate surface area is 169 Å². The minimum atomic E-state index is -0.389. The molecule has 0 saturated heterocycles. The number of benzene rings is 1. The molecule has 2 fully saturated rings. The van der Waals surface area contributed by atoms with E-state index in [1.807, 2.05) is 0 Å². The minimum absolute atomic E-state index is 0.135. The molecule has 2 aliphatic carbocycles.